The van der Waals surface area contributed by atoms with E-state index in [1.807, 2.05) is 18.2 Å². The number of rotatable bonds is 4. The number of hydrogen-bond donors (Lipinski definition) is 2. The predicted octanol–water partition coefficient (Wildman–Crippen LogP) is 0.474. The maximum absolute atomic E-state index is 12.1. The first-order valence-corrected chi connectivity index (χ1v) is 7.99. The molecule has 0 bridgehead atoms. The monoisotopic (exact) mass is 332 g/mol. The SMILES string of the molecule is O=C(C[NH+]1CCN(c2ncccn2)CC1)Nc1cccc(Cl)c1. The van der Waals surface area contributed by atoms with Crippen molar-refractivity contribution in [1.82, 2.24) is 9.97 Å². The van der Waals surface area contributed by atoms with Crippen LogP contribution in [0.4, 0.5) is 11.6 Å². The lowest BCUT2D eigenvalue weighted by molar-refractivity contribution is -0.892. The van der Waals surface area contributed by atoms with Crippen LogP contribution in [0.1, 0.15) is 0 Å². The van der Waals surface area contributed by atoms with Crippen LogP contribution < -0.4 is 15.1 Å². The van der Waals surface area contributed by atoms with Crippen LogP contribution >= 0.6 is 11.6 Å². The molecular weight excluding hydrogens is 314 g/mol. The molecule has 6 nitrogen and oxygen atoms in total. The third-order valence-electron chi connectivity index (χ3n) is 3.82. The number of benzene rings is 1. The first kappa shape index (κ1) is 15.7. The molecule has 2 N–H and O–H groups in total. The summed E-state index contributed by atoms with van der Waals surface area (Å²) in [5.41, 5.74) is 0.734. The third-order valence-corrected chi connectivity index (χ3v) is 4.06. The molecule has 0 saturated carbocycles. The number of hydrogen-bond acceptors (Lipinski definition) is 4. The Morgan fingerprint density at radius 3 is 2.65 bits per heavy atom. The topological polar surface area (TPSA) is 62.6 Å². The summed E-state index contributed by atoms with van der Waals surface area (Å²) >= 11 is 5.92. The summed E-state index contributed by atoms with van der Waals surface area (Å²) in [4.78, 5) is 24.1. The Morgan fingerprint density at radius 1 is 1.22 bits per heavy atom. The Hall–Kier alpha value is -2.18. The van der Waals surface area contributed by atoms with Crippen LogP contribution in [0.15, 0.2) is 42.7 Å². The highest BCUT2D eigenvalue weighted by Crippen LogP contribution is 2.14. The lowest BCUT2D eigenvalue weighted by Crippen LogP contribution is -3.15. The summed E-state index contributed by atoms with van der Waals surface area (Å²) in [5.74, 6) is 0.765. The first-order chi connectivity index (χ1) is 11.2. The molecule has 0 unspecified atom stereocenters. The van der Waals surface area contributed by atoms with Crippen molar-refractivity contribution in [2.24, 2.45) is 0 Å². The zero-order chi connectivity index (χ0) is 16.1. The molecule has 7 heteroatoms. The van der Waals surface area contributed by atoms with E-state index in [0.717, 1.165) is 37.8 Å². The van der Waals surface area contributed by atoms with Crippen molar-refractivity contribution in [2.75, 3.05) is 42.9 Å². The molecule has 0 aliphatic carbocycles. The first-order valence-electron chi connectivity index (χ1n) is 7.62. The molecule has 120 valence electrons. The number of amides is 1. The van der Waals surface area contributed by atoms with E-state index in [-0.39, 0.29) is 5.91 Å². The number of nitrogens with one attached hydrogen (secondary N) is 2. The number of piperazine rings is 1. The Kier molecular flexibility index (Phi) is 5.05. The van der Waals surface area contributed by atoms with E-state index >= 15 is 0 Å². The molecule has 1 aliphatic heterocycles. The molecule has 23 heavy (non-hydrogen) atoms. The van der Waals surface area contributed by atoms with Crippen molar-refractivity contribution in [3.8, 4) is 0 Å². The van der Waals surface area contributed by atoms with Crippen LogP contribution in [0.2, 0.25) is 5.02 Å². The summed E-state index contributed by atoms with van der Waals surface area (Å²) in [7, 11) is 0. The highest BCUT2D eigenvalue weighted by atomic mass is 35.5. The van der Waals surface area contributed by atoms with E-state index in [1.54, 1.807) is 24.5 Å². The number of quaternary nitrogens is 1. The molecule has 2 heterocycles. The Balaban J connectivity index is 1.48. The largest absolute Gasteiger partial charge is 0.330 e. The number of nitrogens with zero attached hydrogens (tertiary/aromatic N) is 3. The molecule has 1 fully saturated rings. The molecular formula is C16H19ClN5O+. The van der Waals surface area contributed by atoms with Gasteiger partial charge < -0.3 is 15.1 Å². The van der Waals surface area contributed by atoms with E-state index in [2.05, 4.69) is 20.2 Å². The number of carbonyl (C=O) groups excluding carboxylic acids is 1. The number of aromatic nitrogens is 2. The summed E-state index contributed by atoms with van der Waals surface area (Å²) in [6, 6.07) is 9.01. The van der Waals surface area contributed by atoms with Crippen molar-refractivity contribution < 1.29 is 9.69 Å². The molecule has 0 spiro atoms. The van der Waals surface area contributed by atoms with E-state index in [0.29, 0.717) is 11.6 Å². The lowest BCUT2D eigenvalue weighted by atomic mass is 10.3. The van der Waals surface area contributed by atoms with Gasteiger partial charge in [-0.1, -0.05) is 17.7 Å². The van der Waals surface area contributed by atoms with E-state index in [9.17, 15) is 4.79 Å². The second-order valence-corrected chi connectivity index (χ2v) is 5.96. The van der Waals surface area contributed by atoms with Crippen LogP contribution in [-0.2, 0) is 4.79 Å². The maximum atomic E-state index is 12.1. The minimum atomic E-state index is 0.00618. The molecule has 1 amide bonds. The second kappa shape index (κ2) is 7.39. The fraction of sp³-hybridized carbons (Fsp3) is 0.312. The normalized spacial score (nSPS) is 15.4. The van der Waals surface area contributed by atoms with Gasteiger partial charge in [-0.05, 0) is 24.3 Å². The molecule has 2 aromatic rings. The van der Waals surface area contributed by atoms with E-state index in [1.165, 1.54) is 4.90 Å². The van der Waals surface area contributed by atoms with Crippen LogP contribution in [0, 0.1) is 0 Å². The molecule has 1 aliphatic rings. The highest BCUT2D eigenvalue weighted by Gasteiger charge is 2.23. The molecule has 0 atom stereocenters. The second-order valence-electron chi connectivity index (χ2n) is 5.52. The maximum Gasteiger partial charge on any atom is 0.279 e. The Morgan fingerprint density at radius 2 is 1.96 bits per heavy atom. The van der Waals surface area contributed by atoms with Crippen molar-refractivity contribution >= 4 is 29.1 Å². The van der Waals surface area contributed by atoms with Crippen LogP contribution in [0.25, 0.3) is 0 Å². The van der Waals surface area contributed by atoms with Crippen LogP contribution in [0.3, 0.4) is 0 Å². The van der Waals surface area contributed by atoms with Crippen molar-refractivity contribution in [2.45, 2.75) is 0 Å². The lowest BCUT2D eigenvalue weighted by Gasteiger charge is -2.31. The molecule has 3 rings (SSSR count). The number of carbonyl (C=O) groups is 1. The van der Waals surface area contributed by atoms with Gasteiger partial charge in [0, 0.05) is 23.1 Å². The van der Waals surface area contributed by atoms with Gasteiger partial charge in [0.1, 0.15) is 0 Å². The zero-order valence-electron chi connectivity index (χ0n) is 12.7. The molecule has 1 aromatic carbocycles. The fourth-order valence-corrected chi connectivity index (χ4v) is 2.84. The van der Waals surface area contributed by atoms with Gasteiger partial charge in [-0.2, -0.15) is 0 Å². The summed E-state index contributed by atoms with van der Waals surface area (Å²) in [6.45, 7) is 3.94. The molecule has 0 radical (unpaired) electrons. The van der Waals surface area contributed by atoms with Crippen LogP contribution in [-0.4, -0.2) is 48.6 Å². The average Bonchev–Trinajstić information content (AvgIpc) is 2.56. The van der Waals surface area contributed by atoms with Crippen molar-refractivity contribution in [3.05, 3.63) is 47.7 Å². The predicted molar refractivity (Wildman–Crippen MR) is 89.9 cm³/mol. The standard InChI is InChI=1S/C16H18ClN5O/c17-13-3-1-4-14(11-13)20-15(23)12-21-7-9-22(10-8-21)16-18-5-2-6-19-16/h1-6,11H,7-10,12H2,(H,20,23)/p+1. The van der Waals surface area contributed by atoms with Gasteiger partial charge in [-0.25, -0.2) is 9.97 Å². The Bertz CT molecular complexity index is 659. The average molecular weight is 333 g/mol. The molecule has 1 saturated heterocycles. The third kappa shape index (κ3) is 4.40. The minimum Gasteiger partial charge on any atom is -0.330 e. The van der Waals surface area contributed by atoms with Crippen LogP contribution in [0.5, 0.6) is 0 Å². The Labute approximate surface area is 140 Å². The smallest absolute Gasteiger partial charge is 0.279 e. The quantitative estimate of drug-likeness (QED) is 0.854. The van der Waals surface area contributed by atoms with Gasteiger partial charge in [-0.15, -0.1) is 0 Å². The van der Waals surface area contributed by atoms with Crippen molar-refractivity contribution in [1.29, 1.82) is 0 Å². The molecule has 1 aromatic heterocycles. The van der Waals surface area contributed by atoms with Gasteiger partial charge in [0.2, 0.25) is 5.95 Å². The van der Waals surface area contributed by atoms with Gasteiger partial charge in [0.15, 0.2) is 6.54 Å². The summed E-state index contributed by atoms with van der Waals surface area (Å²) < 4.78 is 0. The minimum absolute atomic E-state index is 0.00618. The summed E-state index contributed by atoms with van der Waals surface area (Å²) in [5, 5.41) is 3.51. The van der Waals surface area contributed by atoms with Gasteiger partial charge >= 0.3 is 0 Å². The number of halogens is 1. The summed E-state index contributed by atoms with van der Waals surface area (Å²) in [6.07, 6.45) is 3.50. The van der Waals surface area contributed by atoms with E-state index in [4.69, 9.17) is 11.6 Å². The van der Waals surface area contributed by atoms with Gasteiger partial charge in [-0.3, -0.25) is 4.79 Å². The van der Waals surface area contributed by atoms with Gasteiger partial charge in [0.25, 0.3) is 5.91 Å². The van der Waals surface area contributed by atoms with Gasteiger partial charge in [0.05, 0.1) is 26.2 Å². The highest BCUT2D eigenvalue weighted by molar-refractivity contribution is 6.30. The fourth-order valence-electron chi connectivity index (χ4n) is 2.65. The zero-order valence-corrected chi connectivity index (χ0v) is 13.5. The van der Waals surface area contributed by atoms with Crippen molar-refractivity contribution in [3.63, 3.8) is 0 Å². The number of anilines is 2. The van der Waals surface area contributed by atoms with E-state index < -0.39 is 0 Å².